The topological polar surface area (TPSA) is 93.7 Å². The van der Waals surface area contributed by atoms with Crippen molar-refractivity contribution in [2.45, 2.75) is 0 Å². The maximum atomic E-state index is 12.8. The Balaban J connectivity index is 1.65. The number of amides is 2. The molecule has 0 fully saturated rings. The van der Waals surface area contributed by atoms with Crippen LogP contribution in [0.2, 0.25) is 0 Å². The Morgan fingerprint density at radius 1 is 1.14 bits per heavy atom. The third-order valence-electron chi connectivity index (χ3n) is 4.39. The fourth-order valence-corrected chi connectivity index (χ4v) is 2.97. The van der Waals surface area contributed by atoms with Crippen LogP contribution in [0.1, 0.15) is 10.4 Å². The van der Waals surface area contributed by atoms with E-state index in [-0.39, 0.29) is 6.03 Å². The lowest BCUT2D eigenvalue weighted by molar-refractivity contribution is 0.0600. The van der Waals surface area contributed by atoms with Crippen LogP contribution in [0.3, 0.4) is 0 Å². The molecule has 1 aliphatic rings. The number of pyridine rings is 2. The van der Waals surface area contributed by atoms with Gasteiger partial charge in [-0.2, -0.15) is 0 Å². The third-order valence-corrected chi connectivity index (χ3v) is 4.39. The average molecular weight is 390 g/mol. The molecule has 1 aliphatic heterocycles. The van der Waals surface area contributed by atoms with Gasteiger partial charge in [0, 0.05) is 23.6 Å². The molecule has 0 bridgehead atoms. The molecule has 0 saturated heterocycles. The number of hydrogen-bond donors (Lipinski definition) is 1. The van der Waals surface area contributed by atoms with Crippen molar-refractivity contribution in [3.8, 4) is 17.0 Å². The summed E-state index contributed by atoms with van der Waals surface area (Å²) in [7, 11) is 1.31. The van der Waals surface area contributed by atoms with Crippen LogP contribution in [-0.2, 0) is 4.74 Å². The smallest absolute Gasteiger partial charge is 0.339 e. The maximum Gasteiger partial charge on any atom is 0.339 e. The summed E-state index contributed by atoms with van der Waals surface area (Å²) in [6, 6.07) is 14.1. The minimum Gasteiger partial charge on any atom is -0.488 e. The Bertz CT molecular complexity index is 1060. The first kappa shape index (κ1) is 18.4. The molecule has 8 heteroatoms. The van der Waals surface area contributed by atoms with Gasteiger partial charge in [0.1, 0.15) is 6.61 Å². The maximum absolute atomic E-state index is 12.8. The van der Waals surface area contributed by atoms with Gasteiger partial charge in [0.25, 0.3) is 0 Å². The van der Waals surface area contributed by atoms with Gasteiger partial charge in [-0.1, -0.05) is 18.2 Å². The van der Waals surface area contributed by atoms with Gasteiger partial charge in [-0.3, -0.25) is 9.88 Å². The van der Waals surface area contributed by atoms with Gasteiger partial charge in [-0.25, -0.2) is 14.6 Å². The van der Waals surface area contributed by atoms with E-state index in [1.807, 2.05) is 30.3 Å². The van der Waals surface area contributed by atoms with Crippen molar-refractivity contribution in [3.05, 3.63) is 66.5 Å². The number of esters is 1. The number of urea groups is 1. The van der Waals surface area contributed by atoms with Crippen molar-refractivity contribution in [1.82, 2.24) is 9.97 Å². The van der Waals surface area contributed by atoms with Crippen LogP contribution in [0.15, 0.2) is 60.9 Å². The molecule has 0 spiro atoms. The highest BCUT2D eigenvalue weighted by Gasteiger charge is 2.26. The number of ether oxygens (including phenoxy) is 2. The van der Waals surface area contributed by atoms with Gasteiger partial charge in [0.2, 0.25) is 0 Å². The first-order valence-electron chi connectivity index (χ1n) is 8.97. The van der Waals surface area contributed by atoms with Crippen LogP contribution in [0.5, 0.6) is 5.75 Å². The number of nitrogens with one attached hydrogen (secondary N) is 1. The average Bonchev–Trinajstić information content (AvgIpc) is 2.78. The minimum absolute atomic E-state index is 0.299. The number of carbonyl (C=O) groups excluding carboxylic acids is 2. The van der Waals surface area contributed by atoms with Crippen LogP contribution in [-0.4, -0.2) is 42.2 Å². The zero-order valence-corrected chi connectivity index (χ0v) is 15.7. The zero-order valence-electron chi connectivity index (χ0n) is 15.7. The molecule has 0 atom stereocenters. The molecule has 0 aliphatic carbocycles. The first-order chi connectivity index (χ1) is 14.2. The number of para-hydroxylation sites is 1. The summed E-state index contributed by atoms with van der Waals surface area (Å²) < 4.78 is 10.4. The predicted octanol–water partition coefficient (Wildman–Crippen LogP) is 3.36. The van der Waals surface area contributed by atoms with Crippen molar-refractivity contribution in [2.75, 3.05) is 30.5 Å². The van der Waals surface area contributed by atoms with Crippen molar-refractivity contribution in [3.63, 3.8) is 0 Å². The SMILES string of the molecule is COC(=O)c1cncc(-c2ccc3c(n2)N(C(=O)Nc2ccccc2)CCO3)c1. The summed E-state index contributed by atoms with van der Waals surface area (Å²) >= 11 is 0. The predicted molar refractivity (Wildman–Crippen MR) is 107 cm³/mol. The molecule has 29 heavy (non-hydrogen) atoms. The van der Waals surface area contributed by atoms with Crippen molar-refractivity contribution < 1.29 is 19.1 Å². The summed E-state index contributed by atoms with van der Waals surface area (Å²) in [5.41, 5.74) is 2.20. The zero-order chi connectivity index (χ0) is 20.2. The molecule has 4 rings (SSSR count). The summed E-state index contributed by atoms with van der Waals surface area (Å²) in [5.74, 6) is 0.440. The van der Waals surface area contributed by atoms with E-state index in [1.54, 1.807) is 24.4 Å². The number of anilines is 2. The summed E-state index contributed by atoms with van der Waals surface area (Å²) in [6.45, 7) is 0.734. The molecular weight excluding hydrogens is 372 g/mol. The minimum atomic E-state index is -0.482. The Labute approximate surface area is 167 Å². The molecule has 1 aromatic carbocycles. The number of hydrogen-bond acceptors (Lipinski definition) is 6. The number of fused-ring (bicyclic) bond motifs is 1. The van der Waals surface area contributed by atoms with Crippen LogP contribution in [0.25, 0.3) is 11.3 Å². The fourth-order valence-electron chi connectivity index (χ4n) is 2.97. The highest BCUT2D eigenvalue weighted by Crippen LogP contribution is 2.33. The molecule has 2 amide bonds. The lowest BCUT2D eigenvalue weighted by atomic mass is 10.1. The molecule has 1 N–H and O–H groups in total. The Morgan fingerprint density at radius 2 is 1.97 bits per heavy atom. The normalized spacial score (nSPS) is 12.5. The quantitative estimate of drug-likeness (QED) is 0.689. The van der Waals surface area contributed by atoms with Crippen molar-refractivity contribution >= 4 is 23.5 Å². The number of rotatable bonds is 3. The van der Waals surface area contributed by atoms with Gasteiger partial charge in [-0.05, 0) is 30.3 Å². The summed E-state index contributed by atoms with van der Waals surface area (Å²) in [5, 5.41) is 2.86. The van der Waals surface area contributed by atoms with Gasteiger partial charge in [0.15, 0.2) is 11.6 Å². The van der Waals surface area contributed by atoms with E-state index in [4.69, 9.17) is 9.47 Å². The monoisotopic (exact) mass is 390 g/mol. The third kappa shape index (κ3) is 3.86. The molecular formula is C21H18N4O4. The lowest BCUT2D eigenvalue weighted by Gasteiger charge is -2.28. The lowest BCUT2D eigenvalue weighted by Crippen LogP contribution is -2.41. The molecule has 2 aromatic heterocycles. The Morgan fingerprint density at radius 3 is 2.76 bits per heavy atom. The number of benzene rings is 1. The molecule has 0 unspecified atom stereocenters. The summed E-state index contributed by atoms with van der Waals surface area (Å²) in [6.07, 6.45) is 3.02. The molecule has 146 valence electrons. The number of methoxy groups -OCH3 is 1. The van der Waals surface area contributed by atoms with Crippen LogP contribution >= 0.6 is 0 Å². The Hall–Kier alpha value is -3.94. The Kier molecular flexibility index (Phi) is 5.07. The molecule has 0 saturated carbocycles. The van der Waals surface area contributed by atoms with Gasteiger partial charge >= 0.3 is 12.0 Å². The summed E-state index contributed by atoms with van der Waals surface area (Å²) in [4.78, 5) is 34.8. The van der Waals surface area contributed by atoms with Crippen LogP contribution in [0, 0.1) is 0 Å². The standard InChI is InChI=1S/C21H18N4O4/c1-28-20(26)15-11-14(12-22-13-15)17-7-8-18-19(24-17)25(9-10-29-18)21(27)23-16-5-3-2-4-6-16/h2-8,11-13H,9-10H2,1H3,(H,23,27). The number of carbonyl (C=O) groups is 2. The second-order valence-electron chi connectivity index (χ2n) is 6.27. The largest absolute Gasteiger partial charge is 0.488 e. The van der Waals surface area contributed by atoms with E-state index in [0.29, 0.717) is 47.2 Å². The van der Waals surface area contributed by atoms with E-state index in [0.717, 1.165) is 0 Å². The molecule has 0 radical (unpaired) electrons. The second kappa shape index (κ2) is 7.97. The number of nitrogens with zero attached hydrogens (tertiary/aromatic N) is 3. The fraction of sp³-hybridized carbons (Fsp3) is 0.143. The van der Waals surface area contributed by atoms with Gasteiger partial charge < -0.3 is 14.8 Å². The van der Waals surface area contributed by atoms with E-state index in [9.17, 15) is 9.59 Å². The molecule has 3 aromatic rings. The van der Waals surface area contributed by atoms with E-state index < -0.39 is 5.97 Å². The van der Waals surface area contributed by atoms with E-state index in [2.05, 4.69) is 15.3 Å². The van der Waals surface area contributed by atoms with Gasteiger partial charge in [-0.15, -0.1) is 0 Å². The highest BCUT2D eigenvalue weighted by molar-refractivity contribution is 6.02. The molecule has 8 nitrogen and oxygen atoms in total. The second-order valence-corrected chi connectivity index (χ2v) is 6.27. The van der Waals surface area contributed by atoms with E-state index >= 15 is 0 Å². The van der Waals surface area contributed by atoms with E-state index in [1.165, 1.54) is 18.2 Å². The first-order valence-corrected chi connectivity index (χ1v) is 8.97. The van der Waals surface area contributed by atoms with Crippen LogP contribution < -0.4 is 15.0 Å². The van der Waals surface area contributed by atoms with Crippen molar-refractivity contribution in [1.29, 1.82) is 0 Å². The molecule has 3 heterocycles. The van der Waals surface area contributed by atoms with Crippen molar-refractivity contribution in [2.24, 2.45) is 0 Å². The highest BCUT2D eigenvalue weighted by atomic mass is 16.5. The number of aromatic nitrogens is 2. The van der Waals surface area contributed by atoms with Gasteiger partial charge in [0.05, 0.1) is 24.9 Å². The van der Waals surface area contributed by atoms with Crippen LogP contribution in [0.4, 0.5) is 16.3 Å².